The van der Waals surface area contributed by atoms with Crippen LogP contribution in [0.3, 0.4) is 0 Å². The lowest BCUT2D eigenvalue weighted by Crippen LogP contribution is -2.37. The van der Waals surface area contributed by atoms with Crippen molar-refractivity contribution in [1.29, 1.82) is 10.5 Å². The molecule has 0 radical (unpaired) electrons. The van der Waals surface area contributed by atoms with Crippen LogP contribution in [0, 0.1) is 22.7 Å². The summed E-state index contributed by atoms with van der Waals surface area (Å²) in [5.74, 6) is 0.618. The van der Waals surface area contributed by atoms with Crippen LogP contribution in [0.25, 0.3) is 5.57 Å². The molecule has 0 fully saturated rings. The van der Waals surface area contributed by atoms with Crippen LogP contribution in [0.5, 0.6) is 0 Å². The van der Waals surface area contributed by atoms with E-state index >= 15 is 0 Å². The molecule has 2 aromatic rings. The molecule has 0 spiro atoms. The van der Waals surface area contributed by atoms with Crippen molar-refractivity contribution in [3.8, 4) is 12.1 Å². The summed E-state index contributed by atoms with van der Waals surface area (Å²) in [6.07, 6.45) is 3.48. The summed E-state index contributed by atoms with van der Waals surface area (Å²) in [5.41, 5.74) is 3.54. The lowest BCUT2D eigenvalue weighted by Gasteiger charge is -2.30. The average molecular weight is 387 g/mol. The molecule has 0 saturated carbocycles. The van der Waals surface area contributed by atoms with E-state index in [1.54, 1.807) is 18.5 Å². The number of amidine groups is 1. The van der Waals surface area contributed by atoms with Gasteiger partial charge in [-0.05, 0) is 17.7 Å². The molecular formula is C21H15ClN6. The van der Waals surface area contributed by atoms with Crippen LogP contribution in [-0.4, -0.2) is 28.8 Å². The van der Waals surface area contributed by atoms with Crippen molar-refractivity contribution in [1.82, 2.24) is 15.2 Å². The monoisotopic (exact) mass is 386 g/mol. The van der Waals surface area contributed by atoms with E-state index < -0.39 is 0 Å². The molecule has 0 unspecified atom stereocenters. The summed E-state index contributed by atoms with van der Waals surface area (Å²) in [6, 6.07) is 15.6. The Kier molecular flexibility index (Phi) is 4.80. The number of aromatic nitrogens is 1. The minimum atomic E-state index is 0.366. The standard InChI is InChI=1S/C21H15ClN6/c22-17-6-2-1-5-15(17)19-16(10-23)20(27-13-14-4-3-7-25-12-14)21-26-8-9-28(21)18(19)11-24/h1-7,12,27H,8-9,13H2. The number of nitrogens with one attached hydrogen (secondary N) is 1. The molecule has 0 atom stereocenters. The summed E-state index contributed by atoms with van der Waals surface area (Å²) < 4.78 is 0. The molecule has 1 aromatic heterocycles. The first-order valence-electron chi connectivity index (χ1n) is 8.73. The highest BCUT2D eigenvalue weighted by atomic mass is 35.5. The quantitative estimate of drug-likeness (QED) is 0.871. The molecule has 0 aliphatic carbocycles. The minimum Gasteiger partial charge on any atom is -0.377 e. The van der Waals surface area contributed by atoms with Gasteiger partial charge in [0.1, 0.15) is 17.8 Å². The van der Waals surface area contributed by atoms with Gasteiger partial charge in [-0.2, -0.15) is 10.5 Å². The molecule has 6 nitrogen and oxygen atoms in total. The number of nitrogens with zero attached hydrogens (tertiary/aromatic N) is 5. The summed E-state index contributed by atoms with van der Waals surface area (Å²) in [5, 5.41) is 23.7. The number of fused-ring (bicyclic) bond motifs is 1. The second kappa shape index (κ2) is 7.56. The van der Waals surface area contributed by atoms with E-state index in [0.717, 1.165) is 5.56 Å². The molecule has 7 heteroatoms. The first-order chi connectivity index (χ1) is 13.7. The Balaban J connectivity index is 1.87. The molecule has 0 saturated heterocycles. The van der Waals surface area contributed by atoms with E-state index in [0.29, 0.717) is 58.6 Å². The fourth-order valence-corrected chi connectivity index (χ4v) is 3.61. The molecule has 0 bridgehead atoms. The fourth-order valence-electron chi connectivity index (χ4n) is 3.38. The maximum atomic E-state index is 9.99. The zero-order valence-electron chi connectivity index (χ0n) is 14.9. The van der Waals surface area contributed by atoms with Crippen LogP contribution in [0.1, 0.15) is 11.1 Å². The second-order valence-corrected chi connectivity index (χ2v) is 6.66. The molecule has 28 heavy (non-hydrogen) atoms. The van der Waals surface area contributed by atoms with E-state index in [9.17, 15) is 10.5 Å². The molecular weight excluding hydrogens is 372 g/mol. The van der Waals surface area contributed by atoms with Crippen molar-refractivity contribution in [3.63, 3.8) is 0 Å². The van der Waals surface area contributed by atoms with Crippen molar-refractivity contribution in [2.24, 2.45) is 4.99 Å². The summed E-state index contributed by atoms with van der Waals surface area (Å²) in [7, 11) is 0. The highest BCUT2D eigenvalue weighted by molar-refractivity contribution is 6.33. The summed E-state index contributed by atoms with van der Waals surface area (Å²) >= 11 is 6.41. The van der Waals surface area contributed by atoms with Crippen molar-refractivity contribution in [3.05, 3.63) is 81.9 Å². The molecule has 136 valence electrons. The van der Waals surface area contributed by atoms with Gasteiger partial charge in [-0.1, -0.05) is 35.9 Å². The normalized spacial score (nSPS) is 15.7. The smallest absolute Gasteiger partial charge is 0.153 e. The van der Waals surface area contributed by atoms with E-state index in [1.807, 2.05) is 35.2 Å². The maximum absolute atomic E-state index is 9.99. The van der Waals surface area contributed by atoms with Crippen LogP contribution >= 0.6 is 11.6 Å². The number of rotatable bonds is 4. The topological polar surface area (TPSA) is 88.1 Å². The van der Waals surface area contributed by atoms with Crippen LogP contribution in [0.4, 0.5) is 0 Å². The molecule has 1 aromatic carbocycles. The van der Waals surface area contributed by atoms with E-state index in [1.165, 1.54) is 0 Å². The largest absolute Gasteiger partial charge is 0.377 e. The summed E-state index contributed by atoms with van der Waals surface area (Å²) in [4.78, 5) is 10.5. The first-order valence-corrected chi connectivity index (χ1v) is 9.11. The predicted octanol–water partition coefficient (Wildman–Crippen LogP) is 3.26. The Morgan fingerprint density at radius 3 is 2.71 bits per heavy atom. The van der Waals surface area contributed by atoms with Gasteiger partial charge in [0.05, 0.1) is 17.8 Å². The highest BCUT2D eigenvalue weighted by Gasteiger charge is 2.36. The van der Waals surface area contributed by atoms with Gasteiger partial charge in [0, 0.05) is 41.6 Å². The third kappa shape index (κ3) is 3.00. The van der Waals surface area contributed by atoms with Crippen molar-refractivity contribution in [2.45, 2.75) is 6.54 Å². The van der Waals surface area contributed by atoms with E-state index in [-0.39, 0.29) is 0 Å². The Morgan fingerprint density at radius 1 is 1.14 bits per heavy atom. The fraction of sp³-hybridized carbons (Fsp3) is 0.143. The van der Waals surface area contributed by atoms with Gasteiger partial charge in [-0.15, -0.1) is 0 Å². The maximum Gasteiger partial charge on any atom is 0.153 e. The third-order valence-corrected chi connectivity index (χ3v) is 4.95. The van der Waals surface area contributed by atoms with Gasteiger partial charge in [0.2, 0.25) is 0 Å². The lowest BCUT2D eigenvalue weighted by molar-refractivity contribution is 0.573. The van der Waals surface area contributed by atoms with Gasteiger partial charge >= 0.3 is 0 Å². The Bertz CT molecular complexity index is 1100. The van der Waals surface area contributed by atoms with Crippen molar-refractivity contribution < 1.29 is 0 Å². The third-order valence-electron chi connectivity index (χ3n) is 4.62. The Labute approximate surface area is 167 Å². The van der Waals surface area contributed by atoms with Gasteiger partial charge < -0.3 is 10.2 Å². The number of allylic oxidation sites excluding steroid dienone is 3. The number of halogens is 1. The van der Waals surface area contributed by atoms with E-state index in [2.05, 4.69) is 27.4 Å². The molecule has 2 aliphatic rings. The van der Waals surface area contributed by atoms with Gasteiger partial charge in [0.15, 0.2) is 5.84 Å². The van der Waals surface area contributed by atoms with Gasteiger partial charge in [-0.25, -0.2) is 0 Å². The first kappa shape index (κ1) is 17.8. The number of aliphatic imine (C=N–C) groups is 1. The molecule has 3 heterocycles. The van der Waals surface area contributed by atoms with Gasteiger partial charge in [0.25, 0.3) is 0 Å². The number of benzene rings is 1. The number of pyridine rings is 1. The van der Waals surface area contributed by atoms with Crippen LogP contribution in [0.2, 0.25) is 5.02 Å². The van der Waals surface area contributed by atoms with E-state index in [4.69, 9.17) is 11.6 Å². The number of hydrogen-bond donors (Lipinski definition) is 1. The Hall–Kier alpha value is -3.61. The highest BCUT2D eigenvalue weighted by Crippen LogP contribution is 2.38. The minimum absolute atomic E-state index is 0.366. The zero-order valence-corrected chi connectivity index (χ0v) is 15.6. The van der Waals surface area contributed by atoms with Crippen molar-refractivity contribution in [2.75, 3.05) is 13.1 Å². The average Bonchev–Trinajstić information content (AvgIpc) is 3.22. The van der Waals surface area contributed by atoms with Crippen LogP contribution in [0.15, 0.2) is 70.8 Å². The lowest BCUT2D eigenvalue weighted by atomic mass is 9.91. The zero-order chi connectivity index (χ0) is 19.5. The van der Waals surface area contributed by atoms with Crippen LogP contribution in [-0.2, 0) is 6.54 Å². The predicted molar refractivity (Wildman–Crippen MR) is 107 cm³/mol. The SMILES string of the molecule is N#CC1=C(NCc2cccnc2)C2=NCCN2C(C#N)=C1c1ccccc1Cl. The second-order valence-electron chi connectivity index (χ2n) is 6.25. The van der Waals surface area contributed by atoms with Gasteiger partial charge in [-0.3, -0.25) is 9.98 Å². The number of hydrogen-bond acceptors (Lipinski definition) is 6. The molecule has 0 amide bonds. The summed E-state index contributed by atoms with van der Waals surface area (Å²) in [6.45, 7) is 1.63. The number of nitriles is 2. The molecule has 4 rings (SSSR count). The Morgan fingerprint density at radius 2 is 2.00 bits per heavy atom. The molecule has 2 aliphatic heterocycles. The van der Waals surface area contributed by atoms with Crippen molar-refractivity contribution >= 4 is 23.0 Å². The van der Waals surface area contributed by atoms with Crippen LogP contribution < -0.4 is 5.32 Å². The molecule has 1 N–H and O–H groups in total.